The van der Waals surface area contributed by atoms with Gasteiger partial charge in [-0.15, -0.1) is 0 Å². The van der Waals surface area contributed by atoms with E-state index >= 15 is 0 Å². The van der Waals surface area contributed by atoms with E-state index in [0.717, 1.165) is 57.3 Å². The average molecular weight is 369 g/mol. The number of rotatable bonds is 4. The lowest BCUT2D eigenvalue weighted by molar-refractivity contribution is -0.131. The number of hydrogen-bond acceptors (Lipinski definition) is 6. The van der Waals surface area contributed by atoms with Gasteiger partial charge in [0.15, 0.2) is 0 Å². The van der Waals surface area contributed by atoms with Crippen LogP contribution in [0.5, 0.6) is 0 Å². The van der Waals surface area contributed by atoms with Gasteiger partial charge < -0.3 is 9.80 Å². The fourth-order valence-electron chi connectivity index (χ4n) is 4.04. The Bertz CT molecular complexity index is 783. The highest BCUT2D eigenvalue weighted by Gasteiger charge is 2.30. The normalized spacial score (nSPS) is 21.0. The Balaban J connectivity index is 1.27. The third-order valence-electron chi connectivity index (χ3n) is 5.47. The summed E-state index contributed by atoms with van der Waals surface area (Å²) in [7, 11) is 0. The zero-order valence-electron chi connectivity index (χ0n) is 16.1. The highest BCUT2D eigenvalue weighted by atomic mass is 16.2. The van der Waals surface area contributed by atoms with Crippen LogP contribution in [0.1, 0.15) is 23.9 Å². The number of piperazine rings is 1. The molecule has 27 heavy (non-hydrogen) atoms. The number of nitrogens with zero attached hydrogens (tertiary/aromatic N) is 7. The molecule has 0 N–H and O–H groups in total. The van der Waals surface area contributed by atoms with Crippen molar-refractivity contribution in [1.29, 1.82) is 0 Å². The van der Waals surface area contributed by atoms with Crippen molar-refractivity contribution in [2.75, 3.05) is 50.7 Å². The lowest BCUT2D eigenvalue weighted by Crippen LogP contribution is -2.50. The van der Waals surface area contributed by atoms with Gasteiger partial charge in [-0.1, -0.05) is 0 Å². The number of amides is 1. The van der Waals surface area contributed by atoms with Crippen LogP contribution < -0.4 is 4.90 Å². The Morgan fingerprint density at radius 1 is 1.11 bits per heavy atom. The third-order valence-corrected chi connectivity index (χ3v) is 5.47. The van der Waals surface area contributed by atoms with Crippen LogP contribution in [0.25, 0.3) is 0 Å². The van der Waals surface area contributed by atoms with Gasteiger partial charge in [0.25, 0.3) is 0 Å². The third kappa shape index (κ3) is 3.95. The molecule has 1 amide bonds. The summed E-state index contributed by atoms with van der Waals surface area (Å²) in [5.74, 6) is 0.999. The van der Waals surface area contributed by atoms with E-state index in [0.29, 0.717) is 12.6 Å². The van der Waals surface area contributed by atoms with Crippen molar-refractivity contribution in [2.24, 2.45) is 0 Å². The van der Waals surface area contributed by atoms with Crippen molar-refractivity contribution in [3.63, 3.8) is 0 Å². The van der Waals surface area contributed by atoms with Crippen molar-refractivity contribution in [2.45, 2.75) is 26.3 Å². The largest absolute Gasteiger partial charge is 0.339 e. The Morgan fingerprint density at radius 2 is 1.85 bits per heavy atom. The van der Waals surface area contributed by atoms with E-state index in [1.54, 1.807) is 12.4 Å². The maximum atomic E-state index is 12.7. The molecule has 2 aliphatic heterocycles. The maximum absolute atomic E-state index is 12.7. The SMILES string of the molecule is Cc1cc(C)n([C@H]2CCN(C(=O)CN3CCN(c4ncccn4)CC3)C2)n1. The molecule has 2 aliphatic rings. The summed E-state index contributed by atoms with van der Waals surface area (Å²) in [6.07, 6.45) is 4.52. The van der Waals surface area contributed by atoms with Gasteiger partial charge in [-0.05, 0) is 32.4 Å². The first kappa shape index (κ1) is 17.9. The number of hydrogen-bond donors (Lipinski definition) is 0. The van der Waals surface area contributed by atoms with Crippen LogP contribution >= 0.6 is 0 Å². The number of anilines is 1. The summed E-state index contributed by atoms with van der Waals surface area (Å²) in [5.41, 5.74) is 2.21. The van der Waals surface area contributed by atoms with E-state index in [4.69, 9.17) is 0 Å². The van der Waals surface area contributed by atoms with E-state index in [9.17, 15) is 4.79 Å². The molecule has 0 unspecified atom stereocenters. The zero-order chi connectivity index (χ0) is 18.8. The lowest BCUT2D eigenvalue weighted by atomic mass is 10.2. The molecule has 2 fully saturated rings. The van der Waals surface area contributed by atoms with Gasteiger partial charge in [0.05, 0.1) is 18.3 Å². The summed E-state index contributed by atoms with van der Waals surface area (Å²) in [5, 5.41) is 4.59. The molecule has 2 saturated heterocycles. The minimum Gasteiger partial charge on any atom is -0.339 e. The first-order chi connectivity index (χ1) is 13.1. The predicted octanol–water partition coefficient (Wildman–Crippen LogP) is 0.886. The molecule has 1 atom stereocenters. The van der Waals surface area contributed by atoms with Crippen molar-refractivity contribution in [1.82, 2.24) is 29.5 Å². The van der Waals surface area contributed by atoms with E-state index in [-0.39, 0.29) is 5.91 Å². The Kier molecular flexibility index (Phi) is 5.07. The molecule has 0 bridgehead atoms. The minimum atomic E-state index is 0.225. The first-order valence-corrected chi connectivity index (χ1v) is 9.65. The standard InChI is InChI=1S/C19H27N7O/c1-15-12-16(2)26(22-15)17-4-7-25(13-17)18(27)14-23-8-10-24(11-9-23)19-20-5-3-6-21-19/h3,5-6,12,17H,4,7-11,13-14H2,1-2H3/t17-/m0/s1. The quantitative estimate of drug-likeness (QED) is 0.797. The number of carbonyl (C=O) groups excluding carboxylic acids is 1. The lowest BCUT2D eigenvalue weighted by Gasteiger charge is -2.34. The summed E-state index contributed by atoms with van der Waals surface area (Å²) in [4.78, 5) is 27.8. The monoisotopic (exact) mass is 369 g/mol. The van der Waals surface area contributed by atoms with Crippen LogP contribution in [0.2, 0.25) is 0 Å². The van der Waals surface area contributed by atoms with Crippen molar-refractivity contribution >= 4 is 11.9 Å². The minimum absolute atomic E-state index is 0.225. The molecule has 0 aromatic carbocycles. The molecule has 0 spiro atoms. The summed E-state index contributed by atoms with van der Waals surface area (Å²) < 4.78 is 2.08. The zero-order valence-corrected chi connectivity index (χ0v) is 16.1. The number of likely N-dealkylation sites (tertiary alicyclic amines) is 1. The van der Waals surface area contributed by atoms with Gasteiger partial charge in [0.1, 0.15) is 0 Å². The van der Waals surface area contributed by atoms with E-state index < -0.39 is 0 Å². The molecule has 144 valence electrons. The topological polar surface area (TPSA) is 70.4 Å². The number of carbonyl (C=O) groups is 1. The van der Waals surface area contributed by atoms with E-state index in [1.165, 1.54) is 5.69 Å². The first-order valence-electron chi connectivity index (χ1n) is 9.65. The molecule has 8 nitrogen and oxygen atoms in total. The van der Waals surface area contributed by atoms with Gasteiger partial charge in [-0.25, -0.2) is 9.97 Å². The highest BCUT2D eigenvalue weighted by molar-refractivity contribution is 5.78. The molecule has 8 heteroatoms. The van der Waals surface area contributed by atoms with Gasteiger partial charge in [-0.3, -0.25) is 14.4 Å². The van der Waals surface area contributed by atoms with Crippen molar-refractivity contribution < 1.29 is 4.79 Å². The maximum Gasteiger partial charge on any atom is 0.236 e. The second-order valence-corrected chi connectivity index (χ2v) is 7.47. The average Bonchev–Trinajstić information content (AvgIpc) is 3.29. The van der Waals surface area contributed by atoms with Gasteiger partial charge in [-0.2, -0.15) is 5.10 Å². The summed E-state index contributed by atoms with van der Waals surface area (Å²) in [6.45, 7) is 9.60. The van der Waals surface area contributed by atoms with E-state index in [1.807, 2.05) is 17.9 Å². The molecular formula is C19H27N7O. The van der Waals surface area contributed by atoms with Crippen molar-refractivity contribution in [3.05, 3.63) is 35.9 Å². The van der Waals surface area contributed by atoms with Crippen LogP contribution in [0.3, 0.4) is 0 Å². The highest BCUT2D eigenvalue weighted by Crippen LogP contribution is 2.23. The Labute approximate surface area is 159 Å². The molecular weight excluding hydrogens is 342 g/mol. The molecule has 2 aromatic heterocycles. The van der Waals surface area contributed by atoms with Crippen LogP contribution in [-0.2, 0) is 4.79 Å². The Morgan fingerprint density at radius 3 is 2.52 bits per heavy atom. The Hall–Kier alpha value is -2.48. The summed E-state index contributed by atoms with van der Waals surface area (Å²) in [6, 6.07) is 4.23. The van der Waals surface area contributed by atoms with Crippen LogP contribution in [0.4, 0.5) is 5.95 Å². The van der Waals surface area contributed by atoms with Gasteiger partial charge in [0.2, 0.25) is 11.9 Å². The van der Waals surface area contributed by atoms with Crippen LogP contribution in [-0.4, -0.2) is 81.3 Å². The molecule has 0 aliphatic carbocycles. The molecule has 4 heterocycles. The van der Waals surface area contributed by atoms with Crippen molar-refractivity contribution in [3.8, 4) is 0 Å². The molecule has 4 rings (SSSR count). The fourth-order valence-corrected chi connectivity index (χ4v) is 4.04. The second-order valence-electron chi connectivity index (χ2n) is 7.47. The molecule has 2 aromatic rings. The van der Waals surface area contributed by atoms with Gasteiger partial charge in [0, 0.05) is 57.4 Å². The molecule has 0 radical (unpaired) electrons. The van der Waals surface area contributed by atoms with Gasteiger partial charge >= 0.3 is 0 Å². The second kappa shape index (κ2) is 7.64. The smallest absolute Gasteiger partial charge is 0.236 e. The summed E-state index contributed by atoms with van der Waals surface area (Å²) >= 11 is 0. The van der Waals surface area contributed by atoms with E-state index in [2.05, 4.69) is 42.5 Å². The number of aryl methyl sites for hydroxylation is 2. The van der Waals surface area contributed by atoms with Crippen LogP contribution in [0.15, 0.2) is 24.5 Å². The van der Waals surface area contributed by atoms with Crippen LogP contribution in [0, 0.1) is 13.8 Å². The predicted molar refractivity (Wildman–Crippen MR) is 103 cm³/mol. The number of aromatic nitrogens is 4. The molecule has 0 saturated carbocycles. The fraction of sp³-hybridized carbons (Fsp3) is 0.579.